The van der Waals surface area contributed by atoms with Crippen LogP contribution in [-0.4, -0.2) is 30.2 Å². The lowest BCUT2D eigenvalue weighted by Crippen LogP contribution is -2.35. The standard InChI is InChI=1S/C11H10FN3O4S/c12-10-6-8(15(16)17)3-4-11(10)20(18,19)14-5-1-2-9(14)7-13/h3-4,6,9H,1-2,5H2. The SMILES string of the molecule is N#CC1CCCN1S(=O)(=O)c1ccc([N+](=O)[O-])cc1F. The van der Waals surface area contributed by atoms with E-state index in [1.165, 1.54) is 0 Å². The van der Waals surface area contributed by atoms with Crippen molar-refractivity contribution in [3.8, 4) is 6.07 Å². The third-order valence-electron chi connectivity index (χ3n) is 3.07. The third kappa shape index (κ3) is 2.35. The molecule has 20 heavy (non-hydrogen) atoms. The van der Waals surface area contributed by atoms with Gasteiger partial charge in [-0.15, -0.1) is 0 Å². The molecule has 0 bridgehead atoms. The lowest BCUT2D eigenvalue weighted by molar-refractivity contribution is -0.385. The lowest BCUT2D eigenvalue weighted by atomic mass is 10.2. The van der Waals surface area contributed by atoms with Gasteiger partial charge in [0.2, 0.25) is 10.0 Å². The first-order valence-electron chi connectivity index (χ1n) is 5.73. The zero-order valence-electron chi connectivity index (χ0n) is 10.2. The highest BCUT2D eigenvalue weighted by Gasteiger charge is 2.37. The van der Waals surface area contributed by atoms with Gasteiger partial charge in [-0.1, -0.05) is 0 Å². The van der Waals surface area contributed by atoms with Crippen LogP contribution < -0.4 is 0 Å². The molecule has 2 rings (SSSR count). The fraction of sp³-hybridized carbons (Fsp3) is 0.364. The van der Waals surface area contributed by atoms with Crippen LogP contribution in [-0.2, 0) is 10.0 Å². The first-order chi connectivity index (χ1) is 9.37. The molecule has 1 atom stereocenters. The second-order valence-corrected chi connectivity index (χ2v) is 6.13. The molecule has 106 valence electrons. The summed E-state index contributed by atoms with van der Waals surface area (Å²) >= 11 is 0. The number of benzene rings is 1. The molecule has 1 aromatic carbocycles. The van der Waals surface area contributed by atoms with E-state index in [0.717, 1.165) is 16.4 Å². The maximum atomic E-state index is 13.8. The predicted octanol–water partition coefficient (Wildman–Crippen LogP) is 1.41. The van der Waals surface area contributed by atoms with Crippen LogP contribution in [0, 0.1) is 27.3 Å². The van der Waals surface area contributed by atoms with Crippen molar-refractivity contribution in [2.24, 2.45) is 0 Å². The third-order valence-corrected chi connectivity index (χ3v) is 5.01. The number of nitro groups is 1. The first kappa shape index (κ1) is 14.4. The van der Waals surface area contributed by atoms with Crippen LogP contribution in [0.5, 0.6) is 0 Å². The van der Waals surface area contributed by atoms with Crippen molar-refractivity contribution in [3.05, 3.63) is 34.1 Å². The zero-order valence-corrected chi connectivity index (χ0v) is 11.0. The van der Waals surface area contributed by atoms with Gasteiger partial charge in [0.25, 0.3) is 5.69 Å². The van der Waals surface area contributed by atoms with Gasteiger partial charge in [-0.25, -0.2) is 12.8 Å². The van der Waals surface area contributed by atoms with Crippen LogP contribution in [0.1, 0.15) is 12.8 Å². The lowest BCUT2D eigenvalue weighted by Gasteiger charge is -2.19. The minimum absolute atomic E-state index is 0.136. The molecule has 0 saturated carbocycles. The highest BCUT2D eigenvalue weighted by Crippen LogP contribution is 2.28. The van der Waals surface area contributed by atoms with Gasteiger partial charge >= 0.3 is 0 Å². The van der Waals surface area contributed by atoms with Crippen molar-refractivity contribution in [2.75, 3.05) is 6.54 Å². The second-order valence-electron chi connectivity index (χ2n) is 4.27. The smallest absolute Gasteiger partial charge is 0.258 e. The monoisotopic (exact) mass is 299 g/mol. The minimum Gasteiger partial charge on any atom is -0.258 e. The number of non-ortho nitro benzene ring substituents is 1. The zero-order chi connectivity index (χ0) is 14.9. The Morgan fingerprint density at radius 2 is 2.20 bits per heavy atom. The van der Waals surface area contributed by atoms with Crippen molar-refractivity contribution in [3.63, 3.8) is 0 Å². The highest BCUT2D eigenvalue weighted by molar-refractivity contribution is 7.89. The van der Waals surface area contributed by atoms with Crippen LogP contribution in [0.15, 0.2) is 23.1 Å². The summed E-state index contributed by atoms with van der Waals surface area (Å²) in [4.78, 5) is 9.04. The number of hydrogen-bond acceptors (Lipinski definition) is 5. The van der Waals surface area contributed by atoms with Crippen molar-refractivity contribution in [2.45, 2.75) is 23.8 Å². The summed E-state index contributed by atoms with van der Waals surface area (Å²) in [6.07, 6.45) is 0.913. The van der Waals surface area contributed by atoms with Crippen molar-refractivity contribution in [1.29, 1.82) is 5.26 Å². The number of rotatable bonds is 3. The minimum atomic E-state index is -4.16. The maximum absolute atomic E-state index is 13.8. The van der Waals surface area contributed by atoms with E-state index in [4.69, 9.17) is 5.26 Å². The fourth-order valence-electron chi connectivity index (χ4n) is 2.10. The van der Waals surface area contributed by atoms with E-state index in [1.54, 1.807) is 0 Å². The molecular weight excluding hydrogens is 289 g/mol. The van der Waals surface area contributed by atoms with E-state index in [0.29, 0.717) is 18.9 Å². The molecule has 1 aliphatic heterocycles. The second kappa shape index (κ2) is 5.15. The average Bonchev–Trinajstić information content (AvgIpc) is 2.87. The van der Waals surface area contributed by atoms with Gasteiger partial charge in [0.05, 0.1) is 17.1 Å². The molecule has 0 aliphatic carbocycles. The van der Waals surface area contributed by atoms with Crippen molar-refractivity contribution < 1.29 is 17.7 Å². The first-order valence-corrected chi connectivity index (χ1v) is 7.17. The van der Waals surface area contributed by atoms with Crippen LogP contribution in [0.2, 0.25) is 0 Å². The summed E-state index contributed by atoms with van der Waals surface area (Å²) in [5.74, 6) is -1.19. The van der Waals surface area contributed by atoms with Crippen molar-refractivity contribution in [1.82, 2.24) is 4.31 Å². The van der Waals surface area contributed by atoms with E-state index in [1.807, 2.05) is 6.07 Å². The van der Waals surface area contributed by atoms with Gasteiger partial charge in [-0.05, 0) is 18.9 Å². The number of nitro benzene ring substituents is 1. The van der Waals surface area contributed by atoms with E-state index >= 15 is 0 Å². The predicted molar refractivity (Wildman–Crippen MR) is 65.6 cm³/mol. The molecule has 0 radical (unpaired) electrons. The van der Waals surface area contributed by atoms with Crippen LogP contribution in [0.4, 0.5) is 10.1 Å². The van der Waals surface area contributed by atoms with Gasteiger partial charge in [0.1, 0.15) is 16.8 Å². The molecule has 1 unspecified atom stereocenters. The molecule has 9 heteroatoms. The summed E-state index contributed by atoms with van der Waals surface area (Å²) < 4.78 is 39.3. The fourth-order valence-corrected chi connectivity index (χ4v) is 3.75. The Morgan fingerprint density at radius 1 is 1.50 bits per heavy atom. The Labute approximate surface area is 114 Å². The molecular formula is C11H10FN3O4S. The summed E-state index contributed by atoms with van der Waals surface area (Å²) in [5, 5.41) is 19.4. The Kier molecular flexibility index (Phi) is 3.69. The van der Waals surface area contributed by atoms with Crippen LogP contribution in [0.25, 0.3) is 0 Å². The summed E-state index contributed by atoms with van der Waals surface area (Å²) in [6, 6.07) is 3.37. The maximum Gasteiger partial charge on any atom is 0.272 e. The van der Waals surface area contributed by atoms with Gasteiger partial charge in [-0.3, -0.25) is 10.1 Å². The van der Waals surface area contributed by atoms with E-state index in [2.05, 4.69) is 0 Å². The van der Waals surface area contributed by atoms with Gasteiger partial charge in [0, 0.05) is 12.6 Å². The molecule has 0 aromatic heterocycles. The quantitative estimate of drug-likeness (QED) is 0.620. The molecule has 0 N–H and O–H groups in total. The molecule has 1 fully saturated rings. The largest absolute Gasteiger partial charge is 0.272 e. The Bertz CT molecular complexity index is 698. The molecule has 0 spiro atoms. The van der Waals surface area contributed by atoms with E-state index in [9.17, 15) is 22.9 Å². The Morgan fingerprint density at radius 3 is 2.75 bits per heavy atom. The Hall–Kier alpha value is -2.05. The summed E-state index contributed by atoms with van der Waals surface area (Å²) in [6.45, 7) is 0.136. The van der Waals surface area contributed by atoms with Gasteiger partial charge < -0.3 is 0 Å². The van der Waals surface area contributed by atoms with Gasteiger partial charge in [-0.2, -0.15) is 9.57 Å². The molecule has 0 amide bonds. The molecule has 7 nitrogen and oxygen atoms in total. The van der Waals surface area contributed by atoms with Gasteiger partial charge in [0.15, 0.2) is 0 Å². The number of hydrogen-bond donors (Lipinski definition) is 0. The van der Waals surface area contributed by atoms with Crippen LogP contribution in [0.3, 0.4) is 0 Å². The number of nitriles is 1. The van der Waals surface area contributed by atoms with E-state index in [-0.39, 0.29) is 6.54 Å². The highest BCUT2D eigenvalue weighted by atomic mass is 32.2. The summed E-state index contributed by atoms with van der Waals surface area (Å²) in [5.41, 5.74) is -0.528. The van der Waals surface area contributed by atoms with Crippen LogP contribution >= 0.6 is 0 Å². The average molecular weight is 299 g/mol. The molecule has 1 saturated heterocycles. The number of halogens is 1. The normalized spacial score (nSPS) is 19.7. The Balaban J connectivity index is 2.45. The molecule has 1 aliphatic rings. The molecule has 1 aromatic rings. The van der Waals surface area contributed by atoms with Crippen molar-refractivity contribution >= 4 is 15.7 Å². The topological polar surface area (TPSA) is 104 Å². The van der Waals surface area contributed by atoms with E-state index < -0.39 is 37.4 Å². The number of nitrogens with zero attached hydrogens (tertiary/aromatic N) is 3. The molecule has 1 heterocycles. The summed E-state index contributed by atoms with van der Waals surface area (Å²) in [7, 11) is -4.16. The number of sulfonamides is 1.